The largest absolute Gasteiger partial charge is 0.481 e. The highest BCUT2D eigenvalue weighted by Gasteiger charge is 2.14. The predicted octanol–water partition coefficient (Wildman–Crippen LogP) is 2.65. The molecule has 3 rings (SSSR count). The highest BCUT2D eigenvalue weighted by molar-refractivity contribution is 6.31. The number of aliphatic carboxylic acids is 1. The molecule has 2 aromatic heterocycles. The van der Waals surface area contributed by atoms with Crippen molar-refractivity contribution in [2.45, 2.75) is 19.5 Å². The normalized spacial score (nSPS) is 10.7. The first-order valence-electron chi connectivity index (χ1n) is 7.94. The van der Waals surface area contributed by atoms with Gasteiger partial charge in [-0.1, -0.05) is 17.7 Å². The summed E-state index contributed by atoms with van der Waals surface area (Å²) in [5.74, 6) is -1.88. The van der Waals surface area contributed by atoms with Crippen LogP contribution in [-0.2, 0) is 17.9 Å². The minimum atomic E-state index is -0.982. The molecule has 0 aliphatic rings. The van der Waals surface area contributed by atoms with Gasteiger partial charge in [0.15, 0.2) is 0 Å². The first kappa shape index (κ1) is 18.6. The third-order valence-corrected chi connectivity index (χ3v) is 4.11. The van der Waals surface area contributed by atoms with Crippen molar-refractivity contribution in [3.8, 4) is 0 Å². The van der Waals surface area contributed by atoms with Gasteiger partial charge in [0.05, 0.1) is 31.4 Å². The summed E-state index contributed by atoms with van der Waals surface area (Å²) in [6.07, 6.45) is 4.23. The number of carbonyl (C=O) groups is 2. The second-order valence-corrected chi connectivity index (χ2v) is 6.07. The Labute approximate surface area is 158 Å². The number of aromatic nitrogens is 4. The molecule has 3 aromatic rings. The summed E-state index contributed by atoms with van der Waals surface area (Å²) in [5.41, 5.74) is 0.923. The fourth-order valence-electron chi connectivity index (χ4n) is 2.46. The lowest BCUT2D eigenvalue weighted by Gasteiger charge is -2.07. The van der Waals surface area contributed by atoms with Gasteiger partial charge in [-0.25, -0.2) is 4.39 Å². The third kappa shape index (κ3) is 4.50. The van der Waals surface area contributed by atoms with Gasteiger partial charge in [-0.15, -0.1) is 0 Å². The number of benzene rings is 1. The van der Waals surface area contributed by atoms with Crippen LogP contribution in [0.4, 0.5) is 10.1 Å². The molecular weight excluding hydrogens is 377 g/mol. The number of carboxylic acids is 1. The quantitative estimate of drug-likeness (QED) is 0.644. The summed E-state index contributed by atoms with van der Waals surface area (Å²) >= 11 is 6.01. The molecule has 0 saturated carbocycles. The van der Waals surface area contributed by atoms with Crippen LogP contribution < -0.4 is 5.32 Å². The van der Waals surface area contributed by atoms with E-state index in [2.05, 4.69) is 15.5 Å². The maximum Gasteiger partial charge on any atom is 0.305 e. The van der Waals surface area contributed by atoms with E-state index in [0.717, 1.165) is 0 Å². The zero-order chi connectivity index (χ0) is 19.4. The Bertz CT molecular complexity index is 964. The standard InChI is InChI=1S/C17H15ClFN5O3/c18-13-2-1-3-14(19)12(13)10-23-9-11(8-21-23)22-17(27)15-4-6-20-24(15)7-5-16(25)26/h1-4,6,8-9H,5,7,10H2,(H,22,27)(H,25,26). The number of nitrogens with one attached hydrogen (secondary N) is 1. The number of rotatable bonds is 7. The number of hydrogen-bond acceptors (Lipinski definition) is 4. The fourth-order valence-corrected chi connectivity index (χ4v) is 2.68. The Kier molecular flexibility index (Phi) is 5.51. The van der Waals surface area contributed by atoms with E-state index in [4.69, 9.17) is 16.7 Å². The van der Waals surface area contributed by atoms with Crippen LogP contribution in [0, 0.1) is 5.82 Å². The van der Waals surface area contributed by atoms with Gasteiger partial charge in [0.1, 0.15) is 11.5 Å². The minimum absolute atomic E-state index is 0.0795. The van der Waals surface area contributed by atoms with Crippen LogP contribution in [0.25, 0.3) is 0 Å². The third-order valence-electron chi connectivity index (χ3n) is 3.76. The van der Waals surface area contributed by atoms with Crippen molar-refractivity contribution in [3.63, 3.8) is 0 Å². The highest BCUT2D eigenvalue weighted by Crippen LogP contribution is 2.20. The van der Waals surface area contributed by atoms with Gasteiger partial charge in [0, 0.05) is 23.0 Å². The molecule has 0 saturated heterocycles. The van der Waals surface area contributed by atoms with Crippen molar-refractivity contribution in [3.05, 3.63) is 65.0 Å². The number of hydrogen-bond donors (Lipinski definition) is 2. The van der Waals surface area contributed by atoms with Crippen molar-refractivity contribution in [2.24, 2.45) is 0 Å². The molecule has 10 heteroatoms. The number of amides is 1. The lowest BCUT2D eigenvalue weighted by Crippen LogP contribution is -2.18. The maximum absolute atomic E-state index is 13.9. The Hall–Kier alpha value is -3.20. The number of carboxylic acid groups (broad SMARTS) is 1. The number of anilines is 1. The molecule has 0 aliphatic carbocycles. The van der Waals surface area contributed by atoms with Gasteiger partial charge in [-0.2, -0.15) is 10.2 Å². The van der Waals surface area contributed by atoms with Crippen molar-refractivity contribution in [2.75, 3.05) is 5.32 Å². The zero-order valence-corrected chi connectivity index (χ0v) is 14.7. The topological polar surface area (TPSA) is 102 Å². The second-order valence-electron chi connectivity index (χ2n) is 5.66. The van der Waals surface area contributed by atoms with Gasteiger partial charge >= 0.3 is 5.97 Å². The molecule has 2 N–H and O–H groups in total. The first-order valence-corrected chi connectivity index (χ1v) is 8.32. The lowest BCUT2D eigenvalue weighted by atomic mass is 10.2. The molecule has 0 atom stereocenters. The number of nitrogens with zero attached hydrogens (tertiary/aromatic N) is 4. The Morgan fingerprint density at radius 2 is 2.07 bits per heavy atom. The average Bonchev–Trinajstić information content (AvgIpc) is 3.25. The van der Waals surface area contributed by atoms with E-state index in [0.29, 0.717) is 16.3 Å². The molecule has 140 valence electrons. The first-order chi connectivity index (χ1) is 12.9. The fraction of sp³-hybridized carbons (Fsp3) is 0.176. The molecule has 1 amide bonds. The van der Waals surface area contributed by atoms with Crippen molar-refractivity contribution in [1.82, 2.24) is 19.6 Å². The Balaban J connectivity index is 1.68. The zero-order valence-electron chi connectivity index (χ0n) is 14.0. The van der Waals surface area contributed by atoms with E-state index >= 15 is 0 Å². The summed E-state index contributed by atoms with van der Waals surface area (Å²) in [4.78, 5) is 23.1. The molecule has 0 spiro atoms. The minimum Gasteiger partial charge on any atom is -0.481 e. The summed E-state index contributed by atoms with van der Waals surface area (Å²) in [6, 6.07) is 5.90. The molecule has 0 fully saturated rings. The molecule has 1 aromatic carbocycles. The van der Waals surface area contributed by atoms with Crippen molar-refractivity contribution < 1.29 is 19.1 Å². The smallest absolute Gasteiger partial charge is 0.305 e. The Morgan fingerprint density at radius 1 is 1.26 bits per heavy atom. The predicted molar refractivity (Wildman–Crippen MR) is 95.2 cm³/mol. The summed E-state index contributed by atoms with van der Waals surface area (Å²) < 4.78 is 16.6. The lowest BCUT2D eigenvalue weighted by molar-refractivity contribution is -0.137. The number of carbonyl (C=O) groups excluding carboxylic acids is 1. The molecule has 0 aliphatic heterocycles. The maximum atomic E-state index is 13.9. The van der Waals surface area contributed by atoms with Gasteiger partial charge < -0.3 is 10.4 Å². The van der Waals surface area contributed by atoms with E-state index < -0.39 is 17.7 Å². The van der Waals surface area contributed by atoms with Crippen LogP contribution >= 0.6 is 11.6 Å². The second kappa shape index (κ2) is 8.00. The van der Waals surface area contributed by atoms with Crippen LogP contribution in [0.15, 0.2) is 42.9 Å². The van der Waals surface area contributed by atoms with Crippen molar-refractivity contribution >= 4 is 29.2 Å². The summed E-state index contributed by atoms with van der Waals surface area (Å²) in [7, 11) is 0. The molecule has 0 radical (unpaired) electrons. The number of halogens is 2. The van der Waals surface area contributed by atoms with E-state index in [-0.39, 0.29) is 25.2 Å². The molecule has 2 heterocycles. The van der Waals surface area contributed by atoms with Crippen LogP contribution in [0.2, 0.25) is 5.02 Å². The molecule has 0 bridgehead atoms. The number of aryl methyl sites for hydroxylation is 1. The summed E-state index contributed by atoms with van der Waals surface area (Å²) in [6.45, 7) is 0.189. The molecule has 8 nitrogen and oxygen atoms in total. The van der Waals surface area contributed by atoms with E-state index in [1.807, 2.05) is 0 Å². The van der Waals surface area contributed by atoms with Gasteiger partial charge in [-0.3, -0.25) is 19.0 Å². The molecule has 0 unspecified atom stereocenters. The van der Waals surface area contributed by atoms with E-state index in [1.165, 1.54) is 40.0 Å². The van der Waals surface area contributed by atoms with E-state index in [9.17, 15) is 14.0 Å². The van der Waals surface area contributed by atoms with Crippen LogP contribution in [0.5, 0.6) is 0 Å². The van der Waals surface area contributed by atoms with Crippen molar-refractivity contribution in [1.29, 1.82) is 0 Å². The average molecular weight is 392 g/mol. The van der Waals surface area contributed by atoms with Gasteiger partial charge in [-0.05, 0) is 18.2 Å². The van der Waals surface area contributed by atoms with E-state index in [1.54, 1.807) is 12.3 Å². The van der Waals surface area contributed by atoms with Gasteiger partial charge in [0.2, 0.25) is 0 Å². The van der Waals surface area contributed by atoms with Crippen LogP contribution in [-0.4, -0.2) is 36.5 Å². The molecule has 27 heavy (non-hydrogen) atoms. The van der Waals surface area contributed by atoms with Crippen LogP contribution in [0.3, 0.4) is 0 Å². The molecular formula is C17H15ClFN5O3. The SMILES string of the molecule is O=C(O)CCn1nccc1C(=O)Nc1cnn(Cc2c(F)cccc2Cl)c1. The highest BCUT2D eigenvalue weighted by atomic mass is 35.5. The monoisotopic (exact) mass is 391 g/mol. The van der Waals surface area contributed by atoms with Gasteiger partial charge in [0.25, 0.3) is 5.91 Å². The summed E-state index contributed by atoms with van der Waals surface area (Å²) in [5, 5.41) is 19.7. The van der Waals surface area contributed by atoms with Crippen LogP contribution in [0.1, 0.15) is 22.5 Å². The Morgan fingerprint density at radius 3 is 2.81 bits per heavy atom.